The van der Waals surface area contributed by atoms with Crippen molar-refractivity contribution in [2.24, 2.45) is 0 Å². The van der Waals surface area contributed by atoms with Gasteiger partial charge in [0.2, 0.25) is 0 Å². The van der Waals surface area contributed by atoms with Gasteiger partial charge in [0.1, 0.15) is 0 Å². The van der Waals surface area contributed by atoms with Gasteiger partial charge in [-0.25, -0.2) is 0 Å². The van der Waals surface area contributed by atoms with E-state index in [4.69, 9.17) is 0 Å². The Kier molecular flexibility index (Phi) is 2.83. The highest BCUT2D eigenvalue weighted by Crippen LogP contribution is 2.15. The van der Waals surface area contributed by atoms with E-state index >= 15 is 0 Å². The van der Waals surface area contributed by atoms with Gasteiger partial charge in [-0.1, -0.05) is 0 Å². The average Bonchev–Trinajstić information content (AvgIpc) is 2.38. The zero-order valence-electron chi connectivity index (χ0n) is 5.87. The minimum absolute atomic E-state index is 0.318. The maximum atomic E-state index is 9.37. The Morgan fingerprint density at radius 2 is 2.60 bits per heavy atom. The van der Waals surface area contributed by atoms with Crippen molar-refractivity contribution in [1.82, 2.24) is 4.98 Å². The van der Waals surface area contributed by atoms with Crippen molar-refractivity contribution in [2.75, 3.05) is 12.0 Å². The number of nitrogens with one attached hydrogen (secondary N) is 1. The summed E-state index contributed by atoms with van der Waals surface area (Å²) in [4.78, 5) is 2.90. The van der Waals surface area contributed by atoms with Gasteiger partial charge in [-0.15, -0.1) is 0 Å². The van der Waals surface area contributed by atoms with Crippen molar-refractivity contribution in [3.8, 4) is 0 Å². The van der Waals surface area contributed by atoms with Gasteiger partial charge in [-0.2, -0.15) is 11.8 Å². The molecule has 0 aliphatic heterocycles. The fourth-order valence-electron chi connectivity index (χ4n) is 0.798. The Hall–Kier alpha value is -0.410. The average molecular weight is 157 g/mol. The summed E-state index contributed by atoms with van der Waals surface area (Å²) >= 11 is 1.64. The Morgan fingerprint density at radius 1 is 1.80 bits per heavy atom. The van der Waals surface area contributed by atoms with E-state index in [0.29, 0.717) is 0 Å². The second-order valence-electron chi connectivity index (χ2n) is 2.12. The molecule has 1 unspecified atom stereocenters. The number of aliphatic hydroxyl groups excluding tert-OH is 1. The van der Waals surface area contributed by atoms with Crippen LogP contribution in [0.2, 0.25) is 0 Å². The van der Waals surface area contributed by atoms with Crippen molar-refractivity contribution in [3.63, 3.8) is 0 Å². The van der Waals surface area contributed by atoms with E-state index in [1.54, 1.807) is 11.8 Å². The normalized spacial score (nSPS) is 13.4. The van der Waals surface area contributed by atoms with E-state index in [-0.39, 0.29) is 6.10 Å². The predicted molar refractivity (Wildman–Crippen MR) is 44.1 cm³/mol. The van der Waals surface area contributed by atoms with Crippen LogP contribution in [0.25, 0.3) is 0 Å². The summed E-state index contributed by atoms with van der Waals surface area (Å²) in [5.74, 6) is 0.762. The number of hydrogen-bond acceptors (Lipinski definition) is 2. The molecule has 3 heteroatoms. The van der Waals surface area contributed by atoms with Crippen molar-refractivity contribution in [2.45, 2.75) is 6.10 Å². The van der Waals surface area contributed by atoms with Crippen LogP contribution in [0.15, 0.2) is 18.5 Å². The van der Waals surface area contributed by atoms with Crippen molar-refractivity contribution in [1.29, 1.82) is 0 Å². The summed E-state index contributed by atoms with van der Waals surface area (Å²) in [5.41, 5.74) is 0.967. The van der Waals surface area contributed by atoms with Crippen LogP contribution in [0.4, 0.5) is 0 Å². The Morgan fingerprint density at radius 3 is 3.10 bits per heavy atom. The van der Waals surface area contributed by atoms with Crippen LogP contribution < -0.4 is 0 Å². The van der Waals surface area contributed by atoms with E-state index in [9.17, 15) is 5.11 Å². The highest BCUT2D eigenvalue weighted by molar-refractivity contribution is 7.98. The molecule has 0 aliphatic rings. The molecule has 56 valence electrons. The van der Waals surface area contributed by atoms with Crippen LogP contribution in [-0.2, 0) is 0 Å². The van der Waals surface area contributed by atoms with E-state index < -0.39 is 0 Å². The van der Waals surface area contributed by atoms with E-state index in [1.165, 1.54) is 0 Å². The molecule has 10 heavy (non-hydrogen) atoms. The lowest BCUT2D eigenvalue weighted by Gasteiger charge is -2.04. The summed E-state index contributed by atoms with van der Waals surface area (Å²) in [6.07, 6.45) is 5.30. The molecule has 0 radical (unpaired) electrons. The largest absolute Gasteiger partial charge is 0.387 e. The second kappa shape index (κ2) is 3.68. The highest BCUT2D eigenvalue weighted by atomic mass is 32.2. The lowest BCUT2D eigenvalue weighted by atomic mass is 10.2. The third-order valence-electron chi connectivity index (χ3n) is 1.33. The number of thioether (sulfide) groups is 1. The number of H-pyrrole nitrogens is 1. The number of rotatable bonds is 3. The number of aromatic nitrogens is 1. The highest BCUT2D eigenvalue weighted by Gasteiger charge is 2.04. The van der Waals surface area contributed by atoms with Crippen LogP contribution in [0.3, 0.4) is 0 Å². The first-order valence-corrected chi connectivity index (χ1v) is 4.53. The summed E-state index contributed by atoms with van der Waals surface area (Å²) in [6.45, 7) is 0. The first kappa shape index (κ1) is 7.69. The fourth-order valence-corrected chi connectivity index (χ4v) is 1.31. The molecule has 0 spiro atoms. The summed E-state index contributed by atoms with van der Waals surface area (Å²) in [7, 11) is 0. The fraction of sp³-hybridized carbons (Fsp3) is 0.429. The Labute approximate surface area is 64.7 Å². The number of hydrogen-bond donors (Lipinski definition) is 2. The van der Waals surface area contributed by atoms with Gasteiger partial charge in [-0.3, -0.25) is 0 Å². The molecule has 1 atom stereocenters. The molecule has 1 rings (SSSR count). The van der Waals surface area contributed by atoms with Crippen molar-refractivity contribution < 1.29 is 5.11 Å². The molecule has 0 fully saturated rings. The van der Waals surface area contributed by atoms with Gasteiger partial charge < -0.3 is 10.1 Å². The lowest BCUT2D eigenvalue weighted by molar-refractivity contribution is 0.204. The van der Waals surface area contributed by atoms with Crippen LogP contribution in [-0.4, -0.2) is 22.1 Å². The summed E-state index contributed by atoms with van der Waals surface area (Å²) in [5, 5.41) is 9.37. The third-order valence-corrected chi connectivity index (χ3v) is 1.98. The zero-order chi connectivity index (χ0) is 7.40. The molecular formula is C7H11NOS. The van der Waals surface area contributed by atoms with Crippen LogP contribution >= 0.6 is 11.8 Å². The molecule has 0 aromatic carbocycles. The number of aromatic amines is 1. The van der Waals surface area contributed by atoms with Crippen molar-refractivity contribution in [3.05, 3.63) is 24.0 Å². The molecule has 0 amide bonds. The van der Waals surface area contributed by atoms with Crippen molar-refractivity contribution >= 4 is 11.8 Å². The Balaban J connectivity index is 2.50. The smallest absolute Gasteiger partial charge is 0.0894 e. The zero-order valence-corrected chi connectivity index (χ0v) is 6.69. The topological polar surface area (TPSA) is 36.0 Å². The van der Waals surface area contributed by atoms with E-state index in [0.717, 1.165) is 11.3 Å². The number of aliphatic hydroxyl groups is 1. The first-order chi connectivity index (χ1) is 4.84. The molecule has 0 saturated heterocycles. The van der Waals surface area contributed by atoms with Gasteiger partial charge in [0.05, 0.1) is 6.10 Å². The standard InChI is InChI=1S/C7H11NOS/c1-10-5-7(9)6-2-3-8-4-6/h2-4,7-9H,5H2,1H3. The molecule has 1 heterocycles. The Bertz CT molecular complexity index is 174. The quantitative estimate of drug-likeness (QED) is 0.696. The molecule has 0 bridgehead atoms. The SMILES string of the molecule is CSCC(O)c1cc[nH]c1. The molecule has 0 saturated carbocycles. The lowest BCUT2D eigenvalue weighted by Crippen LogP contribution is -1.97. The molecule has 1 aromatic rings. The minimum atomic E-state index is -0.318. The monoisotopic (exact) mass is 157 g/mol. The molecule has 1 aromatic heterocycles. The molecular weight excluding hydrogens is 146 g/mol. The first-order valence-electron chi connectivity index (χ1n) is 3.14. The van der Waals surface area contributed by atoms with Crippen LogP contribution in [0.5, 0.6) is 0 Å². The van der Waals surface area contributed by atoms with E-state index in [1.807, 2.05) is 24.7 Å². The van der Waals surface area contributed by atoms with Gasteiger partial charge >= 0.3 is 0 Å². The minimum Gasteiger partial charge on any atom is -0.387 e. The van der Waals surface area contributed by atoms with E-state index in [2.05, 4.69) is 4.98 Å². The summed E-state index contributed by atoms with van der Waals surface area (Å²) in [6, 6.07) is 1.89. The predicted octanol–water partition coefficient (Wildman–Crippen LogP) is 1.41. The maximum absolute atomic E-state index is 9.37. The van der Waals surface area contributed by atoms with Crippen LogP contribution in [0.1, 0.15) is 11.7 Å². The molecule has 2 N–H and O–H groups in total. The van der Waals surface area contributed by atoms with Gasteiger partial charge in [0, 0.05) is 18.1 Å². The van der Waals surface area contributed by atoms with Gasteiger partial charge in [-0.05, 0) is 17.9 Å². The molecule has 0 aliphatic carbocycles. The summed E-state index contributed by atoms with van der Waals surface area (Å²) < 4.78 is 0. The third kappa shape index (κ3) is 1.78. The molecule has 2 nitrogen and oxygen atoms in total. The maximum Gasteiger partial charge on any atom is 0.0894 e. The second-order valence-corrected chi connectivity index (χ2v) is 3.03. The van der Waals surface area contributed by atoms with Gasteiger partial charge in [0.15, 0.2) is 0 Å². The van der Waals surface area contributed by atoms with Gasteiger partial charge in [0.25, 0.3) is 0 Å². The van der Waals surface area contributed by atoms with Crippen LogP contribution in [0, 0.1) is 0 Å².